The number of aromatic nitrogens is 3. The van der Waals surface area contributed by atoms with E-state index >= 15 is 0 Å². The minimum atomic E-state index is -0.771. The number of fused-ring (bicyclic) bond motifs is 3. The van der Waals surface area contributed by atoms with E-state index < -0.39 is 17.2 Å². The van der Waals surface area contributed by atoms with Gasteiger partial charge in [-0.2, -0.15) is 0 Å². The lowest BCUT2D eigenvalue weighted by atomic mass is 10.1. The Morgan fingerprint density at radius 2 is 2.09 bits per heavy atom. The molecule has 7 heteroatoms. The van der Waals surface area contributed by atoms with Gasteiger partial charge < -0.3 is 9.72 Å². The molecule has 23 heavy (non-hydrogen) atoms. The molecule has 1 N–H and O–H groups in total. The summed E-state index contributed by atoms with van der Waals surface area (Å²) in [6, 6.07) is 1.07. The molecular weight excluding hydrogens is 301 g/mol. The molecule has 0 saturated heterocycles. The van der Waals surface area contributed by atoms with Gasteiger partial charge in [0.15, 0.2) is 0 Å². The van der Waals surface area contributed by atoms with Gasteiger partial charge in [-0.15, -0.1) is 0 Å². The highest BCUT2D eigenvalue weighted by molar-refractivity contribution is 6.03. The normalized spacial score (nSPS) is 11.1. The zero-order valence-corrected chi connectivity index (χ0v) is 12.9. The van der Waals surface area contributed by atoms with Crippen LogP contribution < -0.4 is 5.43 Å². The zero-order valence-electron chi connectivity index (χ0n) is 12.9. The molecule has 2 heterocycles. The quantitative estimate of drug-likeness (QED) is 0.580. The van der Waals surface area contributed by atoms with Gasteiger partial charge in [0.1, 0.15) is 27.9 Å². The van der Waals surface area contributed by atoms with E-state index in [1.54, 1.807) is 20.8 Å². The number of halogens is 1. The number of rotatable bonds is 2. The molecule has 0 fully saturated rings. The predicted molar refractivity (Wildman–Crippen MR) is 83.1 cm³/mol. The van der Waals surface area contributed by atoms with Crippen molar-refractivity contribution in [1.82, 2.24) is 15.0 Å². The number of hydrogen-bond acceptors (Lipinski definition) is 5. The van der Waals surface area contributed by atoms with Crippen molar-refractivity contribution >= 4 is 27.9 Å². The minimum absolute atomic E-state index is 0.00436. The average molecular weight is 315 g/mol. The van der Waals surface area contributed by atoms with Crippen molar-refractivity contribution in [2.45, 2.75) is 20.8 Å². The van der Waals surface area contributed by atoms with Crippen molar-refractivity contribution in [2.24, 2.45) is 0 Å². The first-order valence-electron chi connectivity index (χ1n) is 7.09. The number of nitrogens with one attached hydrogen (secondary N) is 1. The molecule has 0 aliphatic rings. The van der Waals surface area contributed by atoms with Gasteiger partial charge >= 0.3 is 5.97 Å². The van der Waals surface area contributed by atoms with Crippen LogP contribution in [0.1, 0.15) is 28.7 Å². The Morgan fingerprint density at radius 1 is 1.35 bits per heavy atom. The first-order chi connectivity index (χ1) is 10.9. The molecule has 0 radical (unpaired) electrons. The summed E-state index contributed by atoms with van der Waals surface area (Å²) in [4.78, 5) is 35.6. The number of H-pyrrole nitrogens is 1. The fourth-order valence-electron chi connectivity index (χ4n) is 2.37. The maximum Gasteiger partial charge on any atom is 0.343 e. The van der Waals surface area contributed by atoms with Gasteiger partial charge in [0, 0.05) is 11.9 Å². The average Bonchev–Trinajstić information content (AvgIpc) is 2.51. The van der Waals surface area contributed by atoms with Crippen LogP contribution in [0.4, 0.5) is 4.39 Å². The Kier molecular flexibility index (Phi) is 3.55. The summed E-state index contributed by atoms with van der Waals surface area (Å²) in [6.07, 6.45) is 1.15. The number of aromatic amines is 1. The molecule has 3 rings (SSSR count). The summed E-state index contributed by atoms with van der Waals surface area (Å²) in [5.41, 5.74) is 1.25. The Bertz CT molecular complexity index is 1010. The van der Waals surface area contributed by atoms with Crippen LogP contribution in [-0.2, 0) is 4.74 Å². The number of hydrogen-bond donors (Lipinski definition) is 1. The summed E-state index contributed by atoms with van der Waals surface area (Å²) in [5, 5.41) is 0.00436. The Hall–Kier alpha value is -2.83. The Labute approximate surface area is 130 Å². The van der Waals surface area contributed by atoms with Crippen LogP contribution in [-0.4, -0.2) is 27.5 Å². The highest BCUT2D eigenvalue weighted by Crippen LogP contribution is 2.23. The molecule has 0 unspecified atom stereocenters. The standard InChI is InChI=1S/C16H14FN3O3/c1-4-23-16(22)10-6-18-12-9(15(10)21)5-11(17)13-14(12)20-8(3)7(2)19-13/h5-6,19H,4H2,1-3H3. The molecule has 1 aromatic carbocycles. The number of carbonyl (C=O) groups excluding carboxylic acids is 1. The van der Waals surface area contributed by atoms with E-state index in [1.807, 2.05) is 0 Å². The van der Waals surface area contributed by atoms with Crippen molar-refractivity contribution in [1.29, 1.82) is 0 Å². The summed E-state index contributed by atoms with van der Waals surface area (Å²) in [7, 11) is 0. The van der Waals surface area contributed by atoms with E-state index in [2.05, 4.69) is 15.0 Å². The third-order valence-corrected chi connectivity index (χ3v) is 3.67. The number of esters is 1. The monoisotopic (exact) mass is 315 g/mol. The Balaban J connectivity index is 2.40. The number of pyridine rings is 1. The van der Waals surface area contributed by atoms with Crippen molar-refractivity contribution in [3.8, 4) is 0 Å². The van der Waals surface area contributed by atoms with E-state index in [9.17, 15) is 14.0 Å². The third-order valence-electron chi connectivity index (χ3n) is 3.67. The van der Waals surface area contributed by atoms with Crippen molar-refractivity contribution in [3.63, 3.8) is 0 Å². The molecule has 0 aliphatic heterocycles. The fourth-order valence-corrected chi connectivity index (χ4v) is 2.37. The van der Waals surface area contributed by atoms with Gasteiger partial charge in [0.25, 0.3) is 0 Å². The molecule has 3 aromatic rings. The summed E-state index contributed by atoms with van der Waals surface area (Å²) in [6.45, 7) is 5.32. The van der Waals surface area contributed by atoms with Crippen LogP contribution >= 0.6 is 0 Å². The molecule has 0 saturated carbocycles. The summed E-state index contributed by atoms with van der Waals surface area (Å²) >= 11 is 0. The van der Waals surface area contributed by atoms with Gasteiger partial charge in [-0.3, -0.25) is 9.78 Å². The van der Waals surface area contributed by atoms with Gasteiger partial charge in [-0.25, -0.2) is 14.2 Å². The molecule has 2 aromatic heterocycles. The second-order valence-electron chi connectivity index (χ2n) is 5.15. The van der Waals surface area contributed by atoms with Gasteiger partial charge in [-0.05, 0) is 26.8 Å². The molecule has 6 nitrogen and oxygen atoms in total. The van der Waals surface area contributed by atoms with Crippen LogP contribution in [0.5, 0.6) is 0 Å². The SMILES string of the molecule is CCOC(=O)c1cnc2c(cc(F)c3[nH]c(C)c(C)nc32)c1=O. The van der Waals surface area contributed by atoms with E-state index in [-0.39, 0.29) is 34.1 Å². The summed E-state index contributed by atoms with van der Waals surface area (Å²) < 4.78 is 19.2. The van der Waals surface area contributed by atoms with Crippen LogP contribution in [0.15, 0.2) is 17.1 Å². The van der Waals surface area contributed by atoms with Crippen LogP contribution in [0.3, 0.4) is 0 Å². The maximum absolute atomic E-state index is 14.3. The van der Waals surface area contributed by atoms with E-state index in [1.165, 1.54) is 0 Å². The first-order valence-corrected chi connectivity index (χ1v) is 7.09. The molecule has 0 amide bonds. The number of nitrogens with zero attached hydrogens (tertiary/aromatic N) is 2. The highest BCUT2D eigenvalue weighted by atomic mass is 19.1. The Morgan fingerprint density at radius 3 is 2.78 bits per heavy atom. The zero-order chi connectivity index (χ0) is 16.7. The second-order valence-corrected chi connectivity index (χ2v) is 5.15. The predicted octanol–water partition coefficient (Wildman–Crippen LogP) is 2.40. The van der Waals surface area contributed by atoms with Crippen LogP contribution in [0.2, 0.25) is 0 Å². The molecule has 0 aliphatic carbocycles. The molecule has 0 spiro atoms. The number of ether oxygens (including phenoxy) is 1. The lowest BCUT2D eigenvalue weighted by Gasteiger charge is -2.08. The second kappa shape index (κ2) is 5.42. The topological polar surface area (TPSA) is 84.9 Å². The van der Waals surface area contributed by atoms with Crippen molar-refractivity contribution in [2.75, 3.05) is 6.61 Å². The number of benzene rings is 1. The van der Waals surface area contributed by atoms with Crippen LogP contribution in [0.25, 0.3) is 21.9 Å². The van der Waals surface area contributed by atoms with Gasteiger partial charge in [0.2, 0.25) is 5.43 Å². The molecule has 0 bridgehead atoms. The van der Waals surface area contributed by atoms with Crippen molar-refractivity contribution < 1.29 is 13.9 Å². The number of carbonyl (C=O) groups is 1. The molecular formula is C16H14FN3O3. The van der Waals surface area contributed by atoms with Gasteiger partial charge in [0.05, 0.1) is 17.7 Å². The minimum Gasteiger partial charge on any atom is -0.462 e. The van der Waals surface area contributed by atoms with E-state index in [4.69, 9.17) is 4.74 Å². The lowest BCUT2D eigenvalue weighted by Crippen LogP contribution is -2.18. The lowest BCUT2D eigenvalue weighted by molar-refractivity contribution is 0.0524. The number of aryl methyl sites for hydroxylation is 2. The molecule has 118 valence electrons. The third kappa shape index (κ3) is 2.34. The molecule has 0 atom stereocenters. The fraction of sp³-hybridized carbons (Fsp3) is 0.250. The van der Waals surface area contributed by atoms with E-state index in [0.717, 1.165) is 18.0 Å². The first kappa shape index (κ1) is 15.1. The smallest absolute Gasteiger partial charge is 0.343 e. The van der Waals surface area contributed by atoms with Gasteiger partial charge in [-0.1, -0.05) is 0 Å². The van der Waals surface area contributed by atoms with E-state index in [0.29, 0.717) is 5.69 Å². The van der Waals surface area contributed by atoms with Crippen molar-refractivity contribution in [3.05, 3.63) is 45.3 Å². The highest BCUT2D eigenvalue weighted by Gasteiger charge is 2.18. The maximum atomic E-state index is 14.3. The summed E-state index contributed by atoms with van der Waals surface area (Å²) in [5.74, 6) is -1.39. The largest absolute Gasteiger partial charge is 0.462 e. The van der Waals surface area contributed by atoms with Crippen LogP contribution in [0, 0.1) is 19.7 Å².